The van der Waals surface area contributed by atoms with Gasteiger partial charge in [0.05, 0.1) is 10.2 Å². The van der Waals surface area contributed by atoms with Gasteiger partial charge in [-0.3, -0.25) is 9.48 Å². The van der Waals surface area contributed by atoms with Crippen LogP contribution in [0.5, 0.6) is 5.75 Å². The van der Waals surface area contributed by atoms with Crippen LogP contribution >= 0.6 is 15.9 Å². The fraction of sp³-hybridized carbons (Fsp3) is 0.286. The van der Waals surface area contributed by atoms with E-state index < -0.39 is 12.5 Å². The van der Waals surface area contributed by atoms with Crippen molar-refractivity contribution in [2.24, 2.45) is 0 Å². The topological polar surface area (TPSA) is 56.2 Å². The van der Waals surface area contributed by atoms with Gasteiger partial charge in [0, 0.05) is 12.7 Å². The summed E-state index contributed by atoms with van der Waals surface area (Å²) in [4.78, 5) is 12.3. The Morgan fingerprint density at radius 1 is 1.50 bits per heavy atom. The van der Waals surface area contributed by atoms with Crippen LogP contribution in [0.15, 0.2) is 28.9 Å². The highest BCUT2D eigenvalue weighted by Gasteiger charge is 2.18. The van der Waals surface area contributed by atoms with Crippen molar-refractivity contribution in [3.63, 3.8) is 0 Å². The lowest BCUT2D eigenvalue weighted by Crippen LogP contribution is -2.15. The molecule has 1 heterocycles. The Morgan fingerprint density at radius 2 is 2.23 bits per heavy atom. The third kappa shape index (κ3) is 3.82. The number of ether oxygens (including phenoxy) is 1. The predicted molar refractivity (Wildman–Crippen MR) is 81.4 cm³/mol. The van der Waals surface area contributed by atoms with Crippen molar-refractivity contribution in [3.8, 4) is 5.75 Å². The molecule has 0 radical (unpaired) electrons. The molecule has 0 fully saturated rings. The summed E-state index contributed by atoms with van der Waals surface area (Å²) in [6.07, 6.45) is 1.67. The number of nitrogens with one attached hydrogen (secondary N) is 1. The summed E-state index contributed by atoms with van der Waals surface area (Å²) in [7, 11) is 0. The monoisotopic (exact) mass is 373 g/mol. The second-order valence-corrected chi connectivity index (χ2v) is 5.37. The fourth-order valence-electron chi connectivity index (χ4n) is 1.83. The van der Waals surface area contributed by atoms with Crippen LogP contribution < -0.4 is 10.1 Å². The number of rotatable bonds is 5. The molecule has 2 aromatic rings. The number of halogens is 3. The summed E-state index contributed by atoms with van der Waals surface area (Å²) in [5.74, 6) is -0.608. The molecule has 8 heteroatoms. The number of carbonyl (C=O) groups is 1. The summed E-state index contributed by atoms with van der Waals surface area (Å²) in [6, 6.07) is 4.56. The summed E-state index contributed by atoms with van der Waals surface area (Å²) >= 11 is 3.25. The molecule has 0 aliphatic heterocycles. The van der Waals surface area contributed by atoms with E-state index in [0.717, 1.165) is 5.56 Å². The molecule has 0 unspecified atom stereocenters. The van der Waals surface area contributed by atoms with Gasteiger partial charge in [-0.15, -0.1) is 0 Å². The maximum Gasteiger partial charge on any atom is 0.387 e. The van der Waals surface area contributed by atoms with Crippen molar-refractivity contribution in [3.05, 3.63) is 40.1 Å². The quantitative estimate of drug-likeness (QED) is 0.866. The average Bonchev–Trinajstić information content (AvgIpc) is 2.83. The van der Waals surface area contributed by atoms with E-state index in [1.54, 1.807) is 29.9 Å². The maximum absolute atomic E-state index is 12.4. The molecule has 118 valence electrons. The first-order chi connectivity index (χ1) is 10.4. The molecule has 1 N–H and O–H groups in total. The zero-order valence-electron chi connectivity index (χ0n) is 11.9. The van der Waals surface area contributed by atoms with E-state index in [1.807, 2.05) is 6.92 Å². The van der Waals surface area contributed by atoms with Crippen molar-refractivity contribution >= 4 is 27.5 Å². The van der Waals surface area contributed by atoms with Crippen LogP contribution in [0, 0.1) is 6.92 Å². The highest BCUT2D eigenvalue weighted by atomic mass is 79.9. The maximum atomic E-state index is 12.4. The minimum Gasteiger partial charge on any atom is -0.433 e. The number of anilines is 1. The first-order valence-corrected chi connectivity index (χ1v) is 7.29. The minimum absolute atomic E-state index is 0.0972. The number of aromatic nitrogens is 2. The molecule has 5 nitrogen and oxygen atoms in total. The number of aryl methyl sites for hydroxylation is 2. The zero-order chi connectivity index (χ0) is 16.3. The molecule has 0 aliphatic carbocycles. The highest BCUT2D eigenvalue weighted by Crippen LogP contribution is 2.28. The lowest BCUT2D eigenvalue weighted by Gasteiger charge is -2.12. The van der Waals surface area contributed by atoms with E-state index in [4.69, 9.17) is 0 Å². The molecule has 0 saturated heterocycles. The number of amides is 1. The Kier molecular flexibility index (Phi) is 5.12. The van der Waals surface area contributed by atoms with E-state index in [0.29, 0.717) is 11.0 Å². The third-order valence-electron chi connectivity index (χ3n) is 2.86. The average molecular weight is 374 g/mol. The Hall–Kier alpha value is -1.96. The number of carbonyl (C=O) groups excluding carboxylic acids is 1. The van der Waals surface area contributed by atoms with Gasteiger partial charge in [0.25, 0.3) is 5.91 Å². The largest absolute Gasteiger partial charge is 0.433 e. The highest BCUT2D eigenvalue weighted by molar-refractivity contribution is 9.10. The Balaban J connectivity index is 2.27. The van der Waals surface area contributed by atoms with Crippen LogP contribution in [0.4, 0.5) is 14.5 Å². The molecule has 1 aromatic heterocycles. The van der Waals surface area contributed by atoms with Gasteiger partial charge in [0.15, 0.2) is 5.69 Å². The van der Waals surface area contributed by atoms with Crippen molar-refractivity contribution in [1.29, 1.82) is 0 Å². The lowest BCUT2D eigenvalue weighted by molar-refractivity contribution is -0.0493. The van der Waals surface area contributed by atoms with Gasteiger partial charge in [-0.05, 0) is 47.5 Å². The SMILES string of the molecule is CCn1cc(Br)c(C(=O)Nc2cc(C)ccc2OC(F)F)n1. The number of hydrogen-bond donors (Lipinski definition) is 1. The fourth-order valence-corrected chi connectivity index (χ4v) is 2.33. The summed E-state index contributed by atoms with van der Waals surface area (Å²) in [5.41, 5.74) is 1.14. The van der Waals surface area contributed by atoms with Gasteiger partial charge < -0.3 is 10.1 Å². The van der Waals surface area contributed by atoms with Gasteiger partial charge >= 0.3 is 6.61 Å². The minimum atomic E-state index is -2.97. The van der Waals surface area contributed by atoms with Crippen molar-refractivity contribution in [2.75, 3.05) is 5.32 Å². The van der Waals surface area contributed by atoms with Gasteiger partial charge in [0.1, 0.15) is 5.75 Å². The molecule has 0 saturated carbocycles. The van der Waals surface area contributed by atoms with Crippen molar-refractivity contribution in [2.45, 2.75) is 27.0 Å². The first-order valence-electron chi connectivity index (χ1n) is 6.50. The second kappa shape index (κ2) is 6.87. The van der Waals surface area contributed by atoms with Gasteiger partial charge in [-0.2, -0.15) is 13.9 Å². The van der Waals surface area contributed by atoms with E-state index in [9.17, 15) is 13.6 Å². The van der Waals surface area contributed by atoms with Gasteiger partial charge in [0.2, 0.25) is 0 Å². The Labute approximate surface area is 134 Å². The van der Waals surface area contributed by atoms with Crippen LogP contribution in [0.3, 0.4) is 0 Å². The van der Waals surface area contributed by atoms with E-state index in [1.165, 1.54) is 6.07 Å². The van der Waals surface area contributed by atoms with Crippen molar-refractivity contribution in [1.82, 2.24) is 9.78 Å². The molecule has 0 atom stereocenters. The number of benzene rings is 1. The summed E-state index contributed by atoms with van der Waals surface area (Å²) in [5, 5.41) is 6.65. The summed E-state index contributed by atoms with van der Waals surface area (Å²) < 4.78 is 31.4. The standard InChI is InChI=1S/C14H14BrF2N3O2/c1-3-20-7-9(15)12(19-20)13(21)18-10-6-8(2)4-5-11(10)22-14(16)17/h4-7,14H,3H2,1-2H3,(H,18,21). The molecule has 2 rings (SSSR count). The Bertz CT molecular complexity index is 689. The zero-order valence-corrected chi connectivity index (χ0v) is 13.5. The Morgan fingerprint density at radius 3 is 2.82 bits per heavy atom. The molecular weight excluding hydrogens is 360 g/mol. The predicted octanol–water partition coefficient (Wildman–Crippen LogP) is 3.83. The molecule has 0 bridgehead atoms. The number of alkyl halides is 2. The van der Waals surface area contributed by atoms with Crippen molar-refractivity contribution < 1.29 is 18.3 Å². The molecule has 0 aliphatic rings. The van der Waals surface area contributed by atoms with Crippen LogP contribution in [0.1, 0.15) is 23.0 Å². The molecule has 0 spiro atoms. The van der Waals surface area contributed by atoms with Crippen LogP contribution in [-0.4, -0.2) is 22.3 Å². The lowest BCUT2D eigenvalue weighted by atomic mass is 10.2. The van der Waals surface area contributed by atoms with E-state index >= 15 is 0 Å². The molecule has 1 aromatic carbocycles. The molecule has 22 heavy (non-hydrogen) atoms. The van der Waals surface area contributed by atoms with Gasteiger partial charge in [-0.25, -0.2) is 0 Å². The van der Waals surface area contributed by atoms with Gasteiger partial charge in [-0.1, -0.05) is 6.07 Å². The normalized spacial score (nSPS) is 10.8. The molecular formula is C14H14BrF2N3O2. The van der Waals surface area contributed by atoms with E-state index in [-0.39, 0.29) is 17.1 Å². The van der Waals surface area contributed by atoms with Crippen LogP contribution in [0.2, 0.25) is 0 Å². The second-order valence-electron chi connectivity index (χ2n) is 4.51. The number of nitrogens with zero attached hydrogens (tertiary/aromatic N) is 2. The van der Waals surface area contributed by atoms with E-state index in [2.05, 4.69) is 31.1 Å². The molecule has 1 amide bonds. The smallest absolute Gasteiger partial charge is 0.387 e. The van der Waals surface area contributed by atoms with Crippen LogP contribution in [-0.2, 0) is 6.54 Å². The number of hydrogen-bond acceptors (Lipinski definition) is 3. The third-order valence-corrected chi connectivity index (χ3v) is 3.44. The first kappa shape index (κ1) is 16.4. The van der Waals surface area contributed by atoms with Crippen LogP contribution in [0.25, 0.3) is 0 Å². The summed E-state index contributed by atoms with van der Waals surface area (Å²) in [6.45, 7) is 1.31.